The number of amides is 1. The van der Waals surface area contributed by atoms with Crippen molar-refractivity contribution in [2.24, 2.45) is 5.92 Å². The number of aliphatic carboxylic acids is 1. The Balaban J connectivity index is 2.50. The molecular formula is C15H21NO3. The van der Waals surface area contributed by atoms with Crippen LogP contribution in [0.25, 0.3) is 0 Å². The number of hydrogen-bond acceptors (Lipinski definition) is 2. The molecule has 0 heterocycles. The molecule has 0 aliphatic carbocycles. The third-order valence-corrected chi connectivity index (χ3v) is 3.39. The van der Waals surface area contributed by atoms with Gasteiger partial charge in [-0.05, 0) is 25.3 Å². The molecule has 104 valence electrons. The van der Waals surface area contributed by atoms with Crippen LogP contribution in [0, 0.1) is 5.92 Å². The molecule has 0 fully saturated rings. The summed E-state index contributed by atoms with van der Waals surface area (Å²) in [7, 11) is 0. The Kier molecular flexibility index (Phi) is 5.55. The highest BCUT2D eigenvalue weighted by Gasteiger charge is 2.21. The van der Waals surface area contributed by atoms with Gasteiger partial charge in [-0.25, -0.2) is 0 Å². The van der Waals surface area contributed by atoms with Crippen molar-refractivity contribution in [3.05, 3.63) is 35.9 Å². The first-order chi connectivity index (χ1) is 8.91. The molecule has 0 radical (unpaired) electrons. The van der Waals surface area contributed by atoms with E-state index in [2.05, 4.69) is 5.32 Å². The lowest BCUT2D eigenvalue weighted by molar-refractivity contribution is -0.142. The molecule has 3 unspecified atom stereocenters. The van der Waals surface area contributed by atoms with Crippen LogP contribution >= 0.6 is 0 Å². The molecule has 4 nitrogen and oxygen atoms in total. The Bertz CT molecular complexity index is 430. The minimum atomic E-state index is -0.899. The Morgan fingerprint density at radius 2 is 1.74 bits per heavy atom. The number of carboxylic acid groups (broad SMARTS) is 1. The van der Waals surface area contributed by atoms with Gasteiger partial charge in [-0.3, -0.25) is 9.59 Å². The molecule has 0 aliphatic heterocycles. The van der Waals surface area contributed by atoms with Crippen molar-refractivity contribution in [2.45, 2.75) is 39.2 Å². The van der Waals surface area contributed by atoms with Crippen LogP contribution in [0.1, 0.15) is 38.7 Å². The molecule has 0 spiro atoms. The second kappa shape index (κ2) is 6.92. The van der Waals surface area contributed by atoms with Gasteiger partial charge in [0.2, 0.25) is 5.91 Å². The number of nitrogens with one attached hydrogen (secondary N) is 1. The van der Waals surface area contributed by atoms with E-state index in [4.69, 9.17) is 5.11 Å². The Morgan fingerprint density at radius 1 is 1.16 bits per heavy atom. The molecular weight excluding hydrogens is 242 g/mol. The molecule has 0 aromatic heterocycles. The number of carboxylic acids is 1. The van der Waals surface area contributed by atoms with Gasteiger partial charge in [-0.15, -0.1) is 0 Å². The maximum Gasteiger partial charge on any atom is 0.308 e. The molecule has 0 saturated heterocycles. The minimum absolute atomic E-state index is 0.114. The fraction of sp³-hybridized carbons (Fsp3) is 0.467. The van der Waals surface area contributed by atoms with Gasteiger partial charge in [0.15, 0.2) is 0 Å². The molecule has 0 saturated carbocycles. The van der Waals surface area contributed by atoms with Crippen molar-refractivity contribution in [1.29, 1.82) is 0 Å². The number of hydrogen-bond donors (Lipinski definition) is 2. The molecule has 19 heavy (non-hydrogen) atoms. The van der Waals surface area contributed by atoms with E-state index in [1.807, 2.05) is 37.3 Å². The number of rotatable bonds is 6. The quantitative estimate of drug-likeness (QED) is 0.828. The molecule has 1 amide bonds. The zero-order chi connectivity index (χ0) is 14.4. The highest BCUT2D eigenvalue weighted by Crippen LogP contribution is 2.18. The molecule has 3 atom stereocenters. The summed E-state index contributed by atoms with van der Waals surface area (Å²) in [4.78, 5) is 22.7. The van der Waals surface area contributed by atoms with Gasteiger partial charge in [0, 0.05) is 12.5 Å². The van der Waals surface area contributed by atoms with Crippen LogP contribution in [0.2, 0.25) is 0 Å². The summed E-state index contributed by atoms with van der Waals surface area (Å²) in [5.41, 5.74) is 1.11. The predicted molar refractivity (Wildman–Crippen MR) is 73.9 cm³/mol. The van der Waals surface area contributed by atoms with E-state index in [-0.39, 0.29) is 17.9 Å². The molecule has 1 aromatic rings. The summed E-state index contributed by atoms with van der Waals surface area (Å²) in [6.07, 6.45) is 0.362. The zero-order valence-corrected chi connectivity index (χ0v) is 11.6. The summed E-state index contributed by atoms with van der Waals surface area (Å²) in [6.45, 7) is 5.29. The van der Waals surface area contributed by atoms with Crippen LogP contribution in [-0.4, -0.2) is 23.0 Å². The third kappa shape index (κ3) is 4.73. The van der Waals surface area contributed by atoms with Crippen molar-refractivity contribution in [1.82, 2.24) is 5.32 Å². The lowest BCUT2D eigenvalue weighted by atomic mass is 9.97. The molecule has 1 aromatic carbocycles. The normalized spacial score (nSPS) is 15.3. The maximum absolute atomic E-state index is 11.9. The van der Waals surface area contributed by atoms with E-state index in [9.17, 15) is 9.59 Å². The second-order valence-electron chi connectivity index (χ2n) is 5.00. The van der Waals surface area contributed by atoms with E-state index in [0.29, 0.717) is 6.42 Å². The lowest BCUT2D eigenvalue weighted by Crippen LogP contribution is -2.40. The topological polar surface area (TPSA) is 66.4 Å². The summed E-state index contributed by atoms with van der Waals surface area (Å²) in [5.74, 6) is -1.48. The number of carbonyl (C=O) groups excluding carboxylic acids is 1. The van der Waals surface area contributed by atoms with Crippen molar-refractivity contribution >= 4 is 11.9 Å². The first-order valence-electron chi connectivity index (χ1n) is 6.49. The van der Waals surface area contributed by atoms with E-state index in [1.54, 1.807) is 13.8 Å². The summed E-state index contributed by atoms with van der Waals surface area (Å²) >= 11 is 0. The Labute approximate surface area is 113 Å². The van der Waals surface area contributed by atoms with Gasteiger partial charge in [-0.2, -0.15) is 0 Å². The lowest BCUT2D eigenvalue weighted by Gasteiger charge is -2.19. The van der Waals surface area contributed by atoms with Gasteiger partial charge >= 0.3 is 5.97 Å². The third-order valence-electron chi connectivity index (χ3n) is 3.39. The second-order valence-corrected chi connectivity index (χ2v) is 5.00. The average Bonchev–Trinajstić information content (AvgIpc) is 2.38. The predicted octanol–water partition coefficient (Wildman–Crippen LogP) is 2.41. The van der Waals surface area contributed by atoms with Crippen LogP contribution in [0.5, 0.6) is 0 Å². The fourth-order valence-corrected chi connectivity index (χ4v) is 1.83. The van der Waals surface area contributed by atoms with Crippen molar-refractivity contribution in [3.63, 3.8) is 0 Å². The van der Waals surface area contributed by atoms with Crippen molar-refractivity contribution in [2.75, 3.05) is 0 Å². The van der Waals surface area contributed by atoms with Gasteiger partial charge < -0.3 is 10.4 Å². The largest absolute Gasteiger partial charge is 0.481 e. The summed E-state index contributed by atoms with van der Waals surface area (Å²) in [5, 5.41) is 11.6. The highest BCUT2D eigenvalue weighted by molar-refractivity contribution is 5.78. The van der Waals surface area contributed by atoms with E-state index in [1.165, 1.54) is 0 Å². The fourth-order valence-electron chi connectivity index (χ4n) is 1.83. The SMILES string of the molecule is CC(CC(=O)NC(C)C(C)C(=O)O)c1ccccc1. The molecule has 2 N–H and O–H groups in total. The highest BCUT2D eigenvalue weighted by atomic mass is 16.4. The molecule has 1 rings (SSSR count). The van der Waals surface area contributed by atoms with Crippen LogP contribution in [0.3, 0.4) is 0 Å². The molecule has 4 heteroatoms. The van der Waals surface area contributed by atoms with Gasteiger partial charge in [0.05, 0.1) is 5.92 Å². The molecule has 0 aliphatic rings. The van der Waals surface area contributed by atoms with Crippen LogP contribution in [-0.2, 0) is 9.59 Å². The first kappa shape index (κ1) is 15.2. The standard InChI is InChI=1S/C15H21NO3/c1-10(13-7-5-4-6-8-13)9-14(17)16-12(3)11(2)15(18)19/h4-8,10-12H,9H2,1-3H3,(H,16,17)(H,18,19). The minimum Gasteiger partial charge on any atom is -0.481 e. The van der Waals surface area contributed by atoms with E-state index in [0.717, 1.165) is 5.56 Å². The van der Waals surface area contributed by atoms with Gasteiger partial charge in [0.25, 0.3) is 0 Å². The monoisotopic (exact) mass is 263 g/mol. The number of benzene rings is 1. The van der Waals surface area contributed by atoms with Gasteiger partial charge in [-0.1, -0.05) is 37.3 Å². The van der Waals surface area contributed by atoms with E-state index >= 15 is 0 Å². The van der Waals surface area contributed by atoms with Crippen LogP contribution in [0.15, 0.2) is 30.3 Å². The zero-order valence-electron chi connectivity index (χ0n) is 11.6. The number of carbonyl (C=O) groups is 2. The maximum atomic E-state index is 11.9. The smallest absolute Gasteiger partial charge is 0.308 e. The van der Waals surface area contributed by atoms with Crippen LogP contribution < -0.4 is 5.32 Å². The summed E-state index contributed by atoms with van der Waals surface area (Å²) < 4.78 is 0. The van der Waals surface area contributed by atoms with Crippen LogP contribution in [0.4, 0.5) is 0 Å². The average molecular weight is 263 g/mol. The van der Waals surface area contributed by atoms with Gasteiger partial charge in [0.1, 0.15) is 0 Å². The molecule has 0 bridgehead atoms. The Hall–Kier alpha value is -1.84. The van der Waals surface area contributed by atoms with Crippen molar-refractivity contribution < 1.29 is 14.7 Å². The Morgan fingerprint density at radius 3 is 2.26 bits per heavy atom. The summed E-state index contributed by atoms with van der Waals surface area (Å²) in [6, 6.07) is 9.43. The van der Waals surface area contributed by atoms with E-state index < -0.39 is 11.9 Å². The first-order valence-corrected chi connectivity index (χ1v) is 6.49. The van der Waals surface area contributed by atoms with Crippen molar-refractivity contribution in [3.8, 4) is 0 Å².